The SMILES string of the molecule is CCc1ncnc(N2CCCC3(CCc4cnc(C)nc43)C2)c1F. The summed E-state index contributed by atoms with van der Waals surface area (Å²) in [5, 5.41) is 0. The van der Waals surface area contributed by atoms with Crippen LogP contribution in [0, 0.1) is 12.7 Å². The average molecular weight is 327 g/mol. The first-order valence-corrected chi connectivity index (χ1v) is 8.70. The predicted octanol–water partition coefficient (Wildman–Crippen LogP) is 2.76. The van der Waals surface area contributed by atoms with Gasteiger partial charge in [-0.1, -0.05) is 6.92 Å². The number of fused-ring (bicyclic) bond motifs is 2. The summed E-state index contributed by atoms with van der Waals surface area (Å²) in [5.74, 6) is 0.989. The number of hydrogen-bond acceptors (Lipinski definition) is 5. The highest BCUT2D eigenvalue weighted by molar-refractivity contribution is 5.45. The Morgan fingerprint density at radius 1 is 1.25 bits per heavy atom. The molecule has 1 fully saturated rings. The van der Waals surface area contributed by atoms with Gasteiger partial charge in [0.1, 0.15) is 12.2 Å². The van der Waals surface area contributed by atoms with Crippen molar-refractivity contribution in [3.63, 3.8) is 0 Å². The van der Waals surface area contributed by atoms with Crippen LogP contribution in [0.3, 0.4) is 0 Å². The van der Waals surface area contributed by atoms with E-state index < -0.39 is 0 Å². The first-order valence-electron chi connectivity index (χ1n) is 8.70. The van der Waals surface area contributed by atoms with Crippen LogP contribution >= 0.6 is 0 Å². The van der Waals surface area contributed by atoms with Crippen molar-refractivity contribution in [1.29, 1.82) is 0 Å². The topological polar surface area (TPSA) is 54.8 Å². The summed E-state index contributed by atoms with van der Waals surface area (Å²) < 4.78 is 14.7. The highest BCUT2D eigenvalue weighted by Gasteiger charge is 2.44. The van der Waals surface area contributed by atoms with Crippen LogP contribution in [0.15, 0.2) is 12.5 Å². The van der Waals surface area contributed by atoms with Gasteiger partial charge in [-0.3, -0.25) is 0 Å². The Kier molecular flexibility index (Phi) is 3.70. The average Bonchev–Trinajstić information content (AvgIpc) is 2.93. The molecular formula is C18H22FN5. The summed E-state index contributed by atoms with van der Waals surface area (Å²) in [7, 11) is 0. The van der Waals surface area contributed by atoms with Gasteiger partial charge in [0.25, 0.3) is 0 Å². The summed E-state index contributed by atoms with van der Waals surface area (Å²) in [5.41, 5.74) is 2.92. The highest BCUT2D eigenvalue weighted by atomic mass is 19.1. The summed E-state index contributed by atoms with van der Waals surface area (Å²) in [6.07, 6.45) is 8.21. The largest absolute Gasteiger partial charge is 0.353 e. The van der Waals surface area contributed by atoms with Gasteiger partial charge in [-0.05, 0) is 44.6 Å². The van der Waals surface area contributed by atoms with Crippen molar-refractivity contribution in [2.45, 2.75) is 51.4 Å². The minimum absolute atomic E-state index is 0.00501. The molecule has 2 aromatic rings. The maximum absolute atomic E-state index is 14.7. The quantitative estimate of drug-likeness (QED) is 0.849. The Morgan fingerprint density at radius 2 is 2.12 bits per heavy atom. The third-order valence-corrected chi connectivity index (χ3v) is 5.41. The second-order valence-electron chi connectivity index (χ2n) is 6.91. The third-order valence-electron chi connectivity index (χ3n) is 5.41. The van der Waals surface area contributed by atoms with Gasteiger partial charge in [0.15, 0.2) is 11.6 Å². The fraction of sp³-hybridized carbons (Fsp3) is 0.556. The van der Waals surface area contributed by atoms with Crippen LogP contribution in [0.25, 0.3) is 0 Å². The summed E-state index contributed by atoms with van der Waals surface area (Å²) >= 11 is 0. The van der Waals surface area contributed by atoms with E-state index in [-0.39, 0.29) is 11.2 Å². The van der Waals surface area contributed by atoms with E-state index in [0.717, 1.165) is 44.6 Å². The molecule has 0 aromatic carbocycles. The van der Waals surface area contributed by atoms with E-state index in [1.807, 2.05) is 20.0 Å². The Bertz CT molecular complexity index is 774. The molecule has 0 bridgehead atoms. The molecule has 24 heavy (non-hydrogen) atoms. The molecule has 6 heteroatoms. The number of piperidine rings is 1. The molecule has 1 unspecified atom stereocenters. The lowest BCUT2D eigenvalue weighted by molar-refractivity contribution is 0.330. The molecule has 126 valence electrons. The number of aryl methyl sites for hydroxylation is 3. The van der Waals surface area contributed by atoms with E-state index in [4.69, 9.17) is 4.98 Å². The molecule has 1 aliphatic carbocycles. The summed E-state index contributed by atoms with van der Waals surface area (Å²) in [6.45, 7) is 5.45. The molecule has 0 saturated carbocycles. The minimum atomic E-state index is -0.269. The van der Waals surface area contributed by atoms with Crippen molar-refractivity contribution in [2.24, 2.45) is 0 Å². The Labute approximate surface area is 141 Å². The predicted molar refractivity (Wildman–Crippen MR) is 89.6 cm³/mol. The molecule has 0 N–H and O–H groups in total. The first kappa shape index (κ1) is 15.4. The van der Waals surface area contributed by atoms with E-state index in [9.17, 15) is 4.39 Å². The fourth-order valence-corrected chi connectivity index (χ4v) is 4.20. The van der Waals surface area contributed by atoms with E-state index >= 15 is 0 Å². The van der Waals surface area contributed by atoms with Crippen molar-refractivity contribution < 1.29 is 4.39 Å². The Hall–Kier alpha value is -2.11. The monoisotopic (exact) mass is 327 g/mol. The zero-order chi connectivity index (χ0) is 16.7. The lowest BCUT2D eigenvalue weighted by atomic mass is 9.77. The lowest BCUT2D eigenvalue weighted by Gasteiger charge is -2.41. The highest BCUT2D eigenvalue weighted by Crippen LogP contribution is 2.44. The lowest BCUT2D eigenvalue weighted by Crippen LogP contribution is -2.46. The minimum Gasteiger partial charge on any atom is -0.353 e. The Morgan fingerprint density at radius 3 is 2.96 bits per heavy atom. The number of anilines is 1. The third kappa shape index (κ3) is 2.36. The zero-order valence-electron chi connectivity index (χ0n) is 14.2. The number of hydrogen-bond donors (Lipinski definition) is 0. The van der Waals surface area contributed by atoms with Gasteiger partial charge in [-0.2, -0.15) is 0 Å². The number of aromatic nitrogens is 4. The van der Waals surface area contributed by atoms with Crippen molar-refractivity contribution in [1.82, 2.24) is 19.9 Å². The fourth-order valence-electron chi connectivity index (χ4n) is 4.20. The maximum Gasteiger partial charge on any atom is 0.187 e. The van der Waals surface area contributed by atoms with Crippen LogP contribution in [0.4, 0.5) is 10.2 Å². The normalized spacial score (nSPS) is 22.9. The smallest absolute Gasteiger partial charge is 0.187 e. The van der Waals surface area contributed by atoms with Crippen molar-refractivity contribution in [3.05, 3.63) is 41.1 Å². The van der Waals surface area contributed by atoms with E-state index in [1.165, 1.54) is 17.6 Å². The van der Waals surface area contributed by atoms with Gasteiger partial charge < -0.3 is 4.90 Å². The van der Waals surface area contributed by atoms with Crippen LogP contribution in [0.1, 0.15) is 49.0 Å². The molecule has 1 aliphatic heterocycles. The molecule has 2 aliphatic rings. The van der Waals surface area contributed by atoms with Crippen molar-refractivity contribution >= 4 is 5.82 Å². The van der Waals surface area contributed by atoms with Crippen molar-refractivity contribution in [3.8, 4) is 0 Å². The standard InChI is InChI=1S/C18H22FN5/c1-3-14-15(19)17(22-11-21-14)24-8-4-6-18(10-24)7-5-13-9-20-12(2)23-16(13)18/h9,11H,3-8,10H2,1-2H3. The van der Waals surface area contributed by atoms with Crippen LogP contribution < -0.4 is 4.90 Å². The molecule has 1 saturated heterocycles. The van der Waals surface area contributed by atoms with Gasteiger partial charge in [0, 0.05) is 24.7 Å². The van der Waals surface area contributed by atoms with E-state index in [1.54, 1.807) is 0 Å². The van der Waals surface area contributed by atoms with Crippen LogP contribution in [-0.2, 0) is 18.3 Å². The molecule has 0 amide bonds. The molecule has 1 atom stereocenters. The molecule has 2 aromatic heterocycles. The first-order chi connectivity index (χ1) is 11.6. The van der Waals surface area contributed by atoms with E-state index in [0.29, 0.717) is 17.9 Å². The zero-order valence-corrected chi connectivity index (χ0v) is 14.2. The Balaban J connectivity index is 1.70. The van der Waals surface area contributed by atoms with Gasteiger partial charge in [-0.15, -0.1) is 0 Å². The van der Waals surface area contributed by atoms with Crippen LogP contribution in [-0.4, -0.2) is 33.0 Å². The second-order valence-corrected chi connectivity index (χ2v) is 6.91. The van der Waals surface area contributed by atoms with Crippen molar-refractivity contribution in [2.75, 3.05) is 18.0 Å². The molecular weight excluding hydrogens is 305 g/mol. The molecule has 3 heterocycles. The van der Waals surface area contributed by atoms with Gasteiger partial charge in [0.05, 0.1) is 11.4 Å². The molecule has 4 rings (SSSR count). The molecule has 1 spiro atoms. The van der Waals surface area contributed by atoms with Gasteiger partial charge >= 0.3 is 0 Å². The molecule has 5 nitrogen and oxygen atoms in total. The maximum atomic E-state index is 14.7. The summed E-state index contributed by atoms with van der Waals surface area (Å²) in [4.78, 5) is 19.5. The summed E-state index contributed by atoms with van der Waals surface area (Å²) in [6, 6.07) is 0. The van der Waals surface area contributed by atoms with Crippen LogP contribution in [0.5, 0.6) is 0 Å². The van der Waals surface area contributed by atoms with Crippen LogP contribution in [0.2, 0.25) is 0 Å². The van der Waals surface area contributed by atoms with Gasteiger partial charge in [-0.25, -0.2) is 24.3 Å². The molecule has 0 radical (unpaired) electrons. The van der Waals surface area contributed by atoms with Gasteiger partial charge in [0.2, 0.25) is 0 Å². The number of rotatable bonds is 2. The second kappa shape index (κ2) is 5.76. The number of halogens is 1. The van der Waals surface area contributed by atoms with E-state index in [2.05, 4.69) is 19.9 Å². The number of nitrogens with zero attached hydrogens (tertiary/aromatic N) is 5.